The van der Waals surface area contributed by atoms with Crippen LogP contribution in [-0.2, 0) is 19.0 Å². The van der Waals surface area contributed by atoms with Gasteiger partial charge in [0.15, 0.2) is 0 Å². The van der Waals surface area contributed by atoms with Crippen LogP contribution in [0.1, 0.15) is 81.3 Å². The smallest absolute Gasteiger partial charge is 0.410 e. The highest BCUT2D eigenvalue weighted by molar-refractivity contribution is 7.86. The first-order chi connectivity index (χ1) is 19.4. The Morgan fingerprint density at radius 3 is 2.39 bits per heavy atom. The molecular weight excluding hydrogens is 540 g/mol. The molecule has 218 valence electrons. The van der Waals surface area contributed by atoms with E-state index in [1.165, 1.54) is 0 Å². The number of carbonyl (C=O) groups is 1. The summed E-state index contributed by atoms with van der Waals surface area (Å²) in [7, 11) is -3.76. The Balaban J connectivity index is 1.09. The summed E-state index contributed by atoms with van der Waals surface area (Å²) >= 11 is 0. The molecule has 6 rings (SSSR count). The number of carbonyl (C=O) groups excluding carboxylic acids is 1. The van der Waals surface area contributed by atoms with Crippen LogP contribution in [0.5, 0.6) is 0 Å². The van der Waals surface area contributed by atoms with Gasteiger partial charge < -0.3 is 9.64 Å². The van der Waals surface area contributed by atoms with Crippen molar-refractivity contribution < 1.29 is 22.1 Å². The molecule has 0 bridgehead atoms. The van der Waals surface area contributed by atoms with E-state index in [4.69, 9.17) is 19.0 Å². The van der Waals surface area contributed by atoms with Gasteiger partial charge in [-0.05, 0) is 83.6 Å². The average molecular weight is 579 g/mol. The maximum Gasteiger partial charge on any atom is 0.410 e. The molecule has 3 aromatic rings. The maximum atomic E-state index is 12.6. The van der Waals surface area contributed by atoms with Gasteiger partial charge in [0.05, 0.1) is 28.9 Å². The van der Waals surface area contributed by atoms with Crippen LogP contribution in [0.4, 0.5) is 4.79 Å². The van der Waals surface area contributed by atoms with E-state index in [1.807, 2.05) is 45.9 Å². The number of amides is 1. The monoisotopic (exact) mass is 578 g/mol. The molecule has 3 heterocycles. The van der Waals surface area contributed by atoms with Crippen molar-refractivity contribution in [3.8, 4) is 11.3 Å². The number of hydrogen-bond acceptors (Lipinski definition) is 7. The van der Waals surface area contributed by atoms with Gasteiger partial charge in [0.25, 0.3) is 10.1 Å². The molecule has 2 aromatic heterocycles. The topological polar surface area (TPSA) is 104 Å². The number of benzene rings is 1. The maximum absolute atomic E-state index is 12.6. The van der Waals surface area contributed by atoms with Gasteiger partial charge in [-0.15, -0.1) is 0 Å². The van der Waals surface area contributed by atoms with E-state index in [-0.39, 0.29) is 35.5 Å². The zero-order valence-corrected chi connectivity index (χ0v) is 24.9. The van der Waals surface area contributed by atoms with E-state index in [0.717, 1.165) is 53.9 Å². The molecule has 9 nitrogen and oxygen atoms in total. The zero-order chi connectivity index (χ0) is 28.9. The normalized spacial score (nSPS) is 21.3. The van der Waals surface area contributed by atoms with Gasteiger partial charge in [0.1, 0.15) is 5.60 Å². The Bertz CT molecular complexity index is 1530. The summed E-state index contributed by atoms with van der Waals surface area (Å²) in [5.74, 6) is 0.817. The average Bonchev–Trinajstić information content (AvgIpc) is 3.60. The van der Waals surface area contributed by atoms with E-state index in [2.05, 4.69) is 10.9 Å². The Hall–Kier alpha value is -3.24. The van der Waals surface area contributed by atoms with E-state index in [1.54, 1.807) is 29.2 Å². The van der Waals surface area contributed by atoms with Gasteiger partial charge in [-0.3, -0.25) is 13.8 Å². The van der Waals surface area contributed by atoms with Crippen LogP contribution in [0, 0.1) is 12.8 Å². The number of nitrogens with zero attached hydrogens (tertiary/aromatic N) is 4. The Labute approximate surface area is 242 Å². The van der Waals surface area contributed by atoms with Crippen molar-refractivity contribution >= 4 is 16.2 Å². The van der Waals surface area contributed by atoms with Crippen molar-refractivity contribution in [3.05, 3.63) is 65.6 Å². The van der Waals surface area contributed by atoms with E-state index in [0.29, 0.717) is 19.0 Å². The molecule has 0 N–H and O–H groups in total. The minimum absolute atomic E-state index is 0.172. The fourth-order valence-electron chi connectivity index (χ4n) is 5.43. The molecule has 1 aromatic carbocycles. The van der Waals surface area contributed by atoms with E-state index < -0.39 is 15.7 Å². The van der Waals surface area contributed by atoms with E-state index >= 15 is 0 Å². The lowest BCUT2D eigenvalue weighted by Crippen LogP contribution is -2.50. The molecule has 1 amide bonds. The van der Waals surface area contributed by atoms with Crippen LogP contribution in [0.3, 0.4) is 0 Å². The number of rotatable bonds is 8. The molecule has 3 fully saturated rings. The van der Waals surface area contributed by atoms with Crippen molar-refractivity contribution in [2.45, 2.75) is 81.8 Å². The highest BCUT2D eigenvalue weighted by atomic mass is 32.2. The highest BCUT2D eigenvalue weighted by Gasteiger charge is 2.38. The highest BCUT2D eigenvalue weighted by Crippen LogP contribution is 2.46. The van der Waals surface area contributed by atoms with Crippen LogP contribution in [0.2, 0.25) is 0 Å². The standard InChI is InChI=1S/C31H38N4O5S/c1-20-8-12-25(13-9-20)41(37,38)39-19-21-14-24(15-21)35-18-26(29(33-35)22-10-11-22)28-7-5-6-27(32-28)23-16-34(17-23)30(36)40-31(2,3)4/h5-9,12-13,18,21-24H,10-11,14-17,19H2,1-4H3. The molecular formula is C31H38N4O5S. The predicted octanol–water partition coefficient (Wildman–Crippen LogP) is 5.82. The fraction of sp³-hybridized carbons (Fsp3) is 0.516. The third kappa shape index (κ3) is 6.18. The molecule has 1 aliphatic heterocycles. The lowest BCUT2D eigenvalue weighted by Gasteiger charge is -2.39. The van der Waals surface area contributed by atoms with Gasteiger partial charge in [-0.1, -0.05) is 23.8 Å². The van der Waals surface area contributed by atoms with Crippen molar-refractivity contribution in [1.82, 2.24) is 19.7 Å². The number of aromatic nitrogens is 3. The summed E-state index contributed by atoms with van der Waals surface area (Å²) in [6.07, 6.45) is 5.75. The molecule has 10 heteroatoms. The third-order valence-corrected chi connectivity index (χ3v) is 9.37. The van der Waals surface area contributed by atoms with Crippen molar-refractivity contribution in [2.24, 2.45) is 5.92 Å². The van der Waals surface area contributed by atoms with Crippen molar-refractivity contribution in [2.75, 3.05) is 19.7 Å². The summed E-state index contributed by atoms with van der Waals surface area (Å²) in [6.45, 7) is 8.93. The second-order valence-corrected chi connectivity index (χ2v) is 14.4. The second kappa shape index (κ2) is 10.5. The van der Waals surface area contributed by atoms with Crippen LogP contribution in [0.15, 0.2) is 53.6 Å². The van der Waals surface area contributed by atoms with Crippen molar-refractivity contribution in [3.63, 3.8) is 0 Å². The first-order valence-corrected chi connectivity index (χ1v) is 15.9. The summed E-state index contributed by atoms with van der Waals surface area (Å²) in [6, 6.07) is 13.0. The molecule has 2 saturated carbocycles. The Morgan fingerprint density at radius 1 is 1.02 bits per heavy atom. The molecule has 0 radical (unpaired) electrons. The zero-order valence-electron chi connectivity index (χ0n) is 24.1. The van der Waals surface area contributed by atoms with Gasteiger partial charge in [0, 0.05) is 42.4 Å². The van der Waals surface area contributed by atoms with Crippen molar-refractivity contribution in [1.29, 1.82) is 0 Å². The minimum atomic E-state index is -3.76. The molecule has 41 heavy (non-hydrogen) atoms. The predicted molar refractivity (Wildman–Crippen MR) is 154 cm³/mol. The van der Waals surface area contributed by atoms with Gasteiger partial charge in [-0.2, -0.15) is 13.5 Å². The van der Waals surface area contributed by atoms with Gasteiger partial charge in [0.2, 0.25) is 0 Å². The Morgan fingerprint density at radius 2 is 1.73 bits per heavy atom. The summed E-state index contributed by atoms with van der Waals surface area (Å²) in [5, 5.41) is 5.00. The van der Waals surface area contributed by atoms with Crippen LogP contribution in [0.25, 0.3) is 11.3 Å². The molecule has 0 atom stereocenters. The Kier molecular flexibility index (Phi) is 7.18. The SMILES string of the molecule is Cc1ccc(S(=O)(=O)OCC2CC(n3cc(-c4cccc(C5CN(C(=O)OC(C)(C)C)C5)n4)c(C4CC4)n3)C2)cc1. The summed E-state index contributed by atoms with van der Waals surface area (Å²) in [4.78, 5) is 19.3. The molecule has 2 aliphatic carbocycles. The van der Waals surface area contributed by atoms with Gasteiger partial charge in [-0.25, -0.2) is 4.79 Å². The first-order valence-electron chi connectivity index (χ1n) is 14.5. The number of hydrogen-bond donors (Lipinski definition) is 0. The quantitative estimate of drug-likeness (QED) is 0.310. The summed E-state index contributed by atoms with van der Waals surface area (Å²) in [5.41, 5.74) is 4.55. The number of ether oxygens (including phenoxy) is 1. The molecule has 1 saturated heterocycles. The van der Waals surface area contributed by atoms with Gasteiger partial charge >= 0.3 is 6.09 Å². The van der Waals surface area contributed by atoms with Crippen LogP contribution < -0.4 is 0 Å². The molecule has 3 aliphatic rings. The summed E-state index contributed by atoms with van der Waals surface area (Å²) < 4.78 is 38.1. The second-order valence-electron chi connectivity index (χ2n) is 12.8. The van der Waals surface area contributed by atoms with Crippen LogP contribution >= 0.6 is 0 Å². The largest absolute Gasteiger partial charge is 0.444 e. The molecule has 0 unspecified atom stereocenters. The first kappa shape index (κ1) is 27.9. The molecule has 0 spiro atoms. The third-order valence-electron chi connectivity index (χ3n) is 8.08. The lowest BCUT2D eigenvalue weighted by atomic mass is 9.81. The van der Waals surface area contributed by atoms with Crippen LogP contribution in [-0.4, -0.2) is 59.5 Å². The number of likely N-dealkylation sites (tertiary alicyclic amines) is 1. The number of aryl methyl sites for hydroxylation is 1. The fourth-order valence-corrected chi connectivity index (χ4v) is 6.41. The minimum Gasteiger partial charge on any atom is -0.444 e. The lowest BCUT2D eigenvalue weighted by molar-refractivity contribution is 0.00788. The van der Waals surface area contributed by atoms with E-state index in [9.17, 15) is 13.2 Å². The number of pyridine rings is 1.